The third-order valence-electron chi connectivity index (χ3n) is 2.63. The maximum atomic E-state index is 13.3. The molecule has 1 aromatic carbocycles. The molecule has 2 aromatic rings. The van der Waals surface area contributed by atoms with E-state index in [-0.39, 0.29) is 5.82 Å². The van der Waals surface area contributed by atoms with Crippen molar-refractivity contribution >= 4 is 21.6 Å². The van der Waals surface area contributed by atoms with Gasteiger partial charge in [0.25, 0.3) is 0 Å². The maximum Gasteiger partial charge on any atom is 0.153 e. The first-order valence-corrected chi connectivity index (χ1v) is 5.90. The van der Waals surface area contributed by atoms with Crippen molar-refractivity contribution in [1.29, 1.82) is 0 Å². The van der Waals surface area contributed by atoms with Gasteiger partial charge in [-0.25, -0.2) is 14.5 Å². The van der Waals surface area contributed by atoms with Crippen LogP contribution in [0.15, 0.2) is 22.8 Å². The number of aromatic nitrogens is 3. The third kappa shape index (κ3) is 2.22. The minimum Gasteiger partial charge on any atom is -0.398 e. The topological polar surface area (TPSA) is 94.8 Å². The fraction of sp³-hybridized carbons (Fsp3) is 0.200. The van der Waals surface area contributed by atoms with Gasteiger partial charge < -0.3 is 5.73 Å². The molecule has 1 unspecified atom stereocenters. The number of benzene rings is 1. The summed E-state index contributed by atoms with van der Waals surface area (Å²) >= 11 is 3.27. The van der Waals surface area contributed by atoms with E-state index in [1.165, 1.54) is 18.2 Å². The molecule has 8 heteroatoms. The molecule has 0 spiro atoms. The number of anilines is 1. The van der Waals surface area contributed by atoms with Gasteiger partial charge in [0, 0.05) is 18.3 Å². The Hall–Kier alpha value is -1.51. The highest BCUT2D eigenvalue weighted by Crippen LogP contribution is 2.29. The molecule has 5 N–H and O–H groups in total. The number of hydrogen-bond acceptors (Lipinski definition) is 5. The van der Waals surface area contributed by atoms with Gasteiger partial charge in [-0.3, -0.25) is 5.84 Å². The summed E-state index contributed by atoms with van der Waals surface area (Å²) in [6.45, 7) is 0. The van der Waals surface area contributed by atoms with Gasteiger partial charge >= 0.3 is 0 Å². The zero-order valence-corrected chi connectivity index (χ0v) is 11.1. The van der Waals surface area contributed by atoms with Crippen molar-refractivity contribution in [3.63, 3.8) is 0 Å². The van der Waals surface area contributed by atoms with Crippen LogP contribution in [-0.2, 0) is 7.05 Å². The minimum atomic E-state index is -0.505. The van der Waals surface area contributed by atoms with Gasteiger partial charge in [0.2, 0.25) is 0 Å². The second-order valence-electron chi connectivity index (χ2n) is 3.76. The monoisotopic (exact) mass is 314 g/mol. The first-order valence-electron chi connectivity index (χ1n) is 5.10. The van der Waals surface area contributed by atoms with Crippen LogP contribution in [0.5, 0.6) is 0 Å². The van der Waals surface area contributed by atoms with Crippen LogP contribution in [-0.4, -0.2) is 15.0 Å². The van der Waals surface area contributed by atoms with Crippen LogP contribution in [0.4, 0.5) is 10.1 Å². The SMILES string of the molecule is Cn1nnc(Br)c1C(NN)c1cc(F)ccc1N. The molecule has 2 rings (SSSR count). The summed E-state index contributed by atoms with van der Waals surface area (Å²) in [6.07, 6.45) is 0. The Kier molecular flexibility index (Phi) is 3.60. The Labute approximate surface area is 111 Å². The first-order chi connectivity index (χ1) is 8.54. The minimum absolute atomic E-state index is 0.384. The van der Waals surface area contributed by atoms with Crippen molar-refractivity contribution in [2.45, 2.75) is 6.04 Å². The summed E-state index contributed by atoms with van der Waals surface area (Å²) < 4.78 is 15.4. The predicted molar refractivity (Wildman–Crippen MR) is 68.7 cm³/mol. The van der Waals surface area contributed by atoms with Crippen LogP contribution in [0, 0.1) is 5.82 Å². The predicted octanol–water partition coefficient (Wildman–Crippen LogP) is 0.852. The number of rotatable bonds is 3. The molecule has 0 aliphatic carbocycles. The highest BCUT2D eigenvalue weighted by molar-refractivity contribution is 9.10. The van der Waals surface area contributed by atoms with E-state index >= 15 is 0 Å². The van der Waals surface area contributed by atoms with E-state index in [0.717, 1.165) is 0 Å². The van der Waals surface area contributed by atoms with Crippen molar-refractivity contribution in [2.75, 3.05) is 5.73 Å². The molecule has 18 heavy (non-hydrogen) atoms. The Balaban J connectivity index is 2.55. The summed E-state index contributed by atoms with van der Waals surface area (Å²) in [7, 11) is 1.72. The molecule has 0 radical (unpaired) electrons. The van der Waals surface area contributed by atoms with E-state index in [9.17, 15) is 4.39 Å². The van der Waals surface area contributed by atoms with Crippen LogP contribution in [0.3, 0.4) is 0 Å². The molecule has 1 aromatic heterocycles. The second kappa shape index (κ2) is 5.01. The third-order valence-corrected chi connectivity index (χ3v) is 3.19. The standard InChI is InChI=1S/C10H12BrFN6/c1-18-9(10(11)16-17-18)8(15-14)6-4-5(12)2-3-7(6)13/h2-4,8,15H,13-14H2,1H3. The number of nitrogen functional groups attached to an aromatic ring is 1. The van der Waals surface area contributed by atoms with E-state index in [0.29, 0.717) is 21.5 Å². The molecular weight excluding hydrogens is 303 g/mol. The van der Waals surface area contributed by atoms with Crippen LogP contribution < -0.4 is 17.0 Å². The molecule has 96 valence electrons. The van der Waals surface area contributed by atoms with Gasteiger partial charge in [-0.1, -0.05) is 5.21 Å². The van der Waals surface area contributed by atoms with Gasteiger partial charge in [-0.15, -0.1) is 5.10 Å². The number of nitrogens with zero attached hydrogens (tertiary/aromatic N) is 3. The highest BCUT2D eigenvalue weighted by atomic mass is 79.9. The van der Waals surface area contributed by atoms with Gasteiger partial charge in [0.05, 0.1) is 11.7 Å². The Morgan fingerprint density at radius 3 is 2.78 bits per heavy atom. The molecule has 0 saturated heterocycles. The van der Waals surface area contributed by atoms with Crippen LogP contribution in [0.25, 0.3) is 0 Å². The lowest BCUT2D eigenvalue weighted by Gasteiger charge is -2.18. The molecule has 1 heterocycles. The molecule has 6 nitrogen and oxygen atoms in total. The molecule has 0 bridgehead atoms. The number of aryl methyl sites for hydroxylation is 1. The van der Waals surface area contributed by atoms with Crippen molar-refractivity contribution in [3.8, 4) is 0 Å². The number of halogens is 2. The summed E-state index contributed by atoms with van der Waals surface area (Å²) in [5.74, 6) is 5.15. The molecule has 0 aliphatic rings. The zero-order chi connectivity index (χ0) is 13.3. The van der Waals surface area contributed by atoms with Crippen LogP contribution in [0.1, 0.15) is 17.3 Å². The number of nitrogens with two attached hydrogens (primary N) is 2. The average molecular weight is 315 g/mol. The van der Waals surface area contributed by atoms with Gasteiger partial charge in [-0.05, 0) is 34.1 Å². The van der Waals surface area contributed by atoms with Crippen LogP contribution in [0.2, 0.25) is 0 Å². The summed E-state index contributed by atoms with van der Waals surface area (Å²) in [5, 5.41) is 7.71. The largest absolute Gasteiger partial charge is 0.398 e. The highest BCUT2D eigenvalue weighted by Gasteiger charge is 2.23. The number of nitrogens with one attached hydrogen (secondary N) is 1. The average Bonchev–Trinajstić information content (AvgIpc) is 2.66. The van der Waals surface area contributed by atoms with Crippen molar-refractivity contribution in [3.05, 3.63) is 39.9 Å². The lowest BCUT2D eigenvalue weighted by atomic mass is 10.0. The van der Waals surface area contributed by atoms with E-state index in [1.807, 2.05) is 0 Å². The zero-order valence-electron chi connectivity index (χ0n) is 9.56. The van der Waals surface area contributed by atoms with E-state index in [2.05, 4.69) is 31.7 Å². The Morgan fingerprint density at radius 2 is 2.22 bits per heavy atom. The fourth-order valence-electron chi connectivity index (χ4n) is 1.76. The first kappa shape index (κ1) is 12.9. The van der Waals surface area contributed by atoms with E-state index < -0.39 is 6.04 Å². The maximum absolute atomic E-state index is 13.3. The van der Waals surface area contributed by atoms with Crippen molar-refractivity contribution in [2.24, 2.45) is 12.9 Å². The van der Waals surface area contributed by atoms with Crippen molar-refractivity contribution in [1.82, 2.24) is 20.4 Å². The summed E-state index contributed by atoms with van der Waals surface area (Å²) in [5.41, 5.74) is 10.1. The number of hydrazine groups is 1. The summed E-state index contributed by atoms with van der Waals surface area (Å²) in [4.78, 5) is 0. The smallest absolute Gasteiger partial charge is 0.153 e. The van der Waals surface area contributed by atoms with Crippen LogP contribution >= 0.6 is 15.9 Å². The molecule has 0 amide bonds. The second-order valence-corrected chi connectivity index (χ2v) is 4.51. The molecule has 0 saturated carbocycles. The Bertz CT molecular complexity index is 550. The Morgan fingerprint density at radius 1 is 1.50 bits per heavy atom. The van der Waals surface area contributed by atoms with Gasteiger partial charge in [0.1, 0.15) is 5.82 Å². The molecule has 0 aliphatic heterocycles. The summed E-state index contributed by atoms with van der Waals surface area (Å²) in [6, 6.07) is 3.62. The van der Waals surface area contributed by atoms with Gasteiger partial charge in [0.15, 0.2) is 4.60 Å². The number of hydrogen-bond donors (Lipinski definition) is 3. The molecular formula is C10H12BrFN6. The normalized spacial score (nSPS) is 12.7. The van der Waals surface area contributed by atoms with Gasteiger partial charge in [-0.2, -0.15) is 0 Å². The fourth-order valence-corrected chi connectivity index (χ4v) is 2.31. The van der Waals surface area contributed by atoms with E-state index in [4.69, 9.17) is 11.6 Å². The lowest BCUT2D eigenvalue weighted by molar-refractivity contribution is 0.563. The molecule has 0 fully saturated rings. The van der Waals surface area contributed by atoms with Crippen molar-refractivity contribution < 1.29 is 4.39 Å². The van der Waals surface area contributed by atoms with E-state index in [1.54, 1.807) is 11.7 Å². The lowest BCUT2D eigenvalue weighted by Crippen LogP contribution is -2.31. The molecule has 1 atom stereocenters. The quantitative estimate of drug-likeness (QED) is 0.443.